The third-order valence-corrected chi connectivity index (χ3v) is 9.11. The molecule has 50 heavy (non-hydrogen) atoms. The molecule has 2 aliphatic rings. The molecule has 2 aliphatic heterocycles. The molecule has 15 heteroatoms. The second-order valence-electron chi connectivity index (χ2n) is 11.0. The van der Waals surface area contributed by atoms with Crippen LogP contribution in [0.25, 0.3) is 11.3 Å². The van der Waals surface area contributed by atoms with Crippen LogP contribution in [-0.2, 0) is 17.6 Å². The van der Waals surface area contributed by atoms with Gasteiger partial charge in [0.15, 0.2) is 0 Å². The molecular weight excluding hydrogens is 693 g/mol. The highest BCUT2D eigenvalue weighted by molar-refractivity contribution is 8.06. The van der Waals surface area contributed by atoms with Crippen LogP contribution in [-0.4, -0.2) is 61.9 Å². The molecule has 3 aromatic heterocycles. The number of pyridine rings is 1. The quantitative estimate of drug-likeness (QED) is 0.110. The molecule has 12 nitrogen and oxygen atoms in total. The molecule has 1 aromatic carbocycles. The molecule has 254 valence electrons. The maximum Gasteiger partial charge on any atom is 0.223 e. The van der Waals surface area contributed by atoms with Crippen molar-refractivity contribution < 1.29 is 4.79 Å². The Hall–Kier alpha value is -5.21. The number of anilines is 2. The summed E-state index contributed by atoms with van der Waals surface area (Å²) >= 11 is 13.6. The van der Waals surface area contributed by atoms with Crippen molar-refractivity contribution in [1.29, 1.82) is 10.5 Å². The highest BCUT2D eigenvalue weighted by Crippen LogP contribution is 2.36. The Balaban J connectivity index is 0.000000219. The third kappa shape index (κ3) is 10.4. The van der Waals surface area contributed by atoms with Crippen LogP contribution in [0.3, 0.4) is 0 Å². The summed E-state index contributed by atoms with van der Waals surface area (Å²) in [7, 11) is 0. The van der Waals surface area contributed by atoms with Gasteiger partial charge in [-0.2, -0.15) is 10.5 Å². The zero-order chi connectivity index (χ0) is 35.1. The zero-order valence-electron chi connectivity index (χ0n) is 26.9. The molecule has 0 radical (unpaired) electrons. The fourth-order valence-electron chi connectivity index (χ4n) is 4.97. The number of hydrogen-bond donors (Lipinski definition) is 3. The minimum Gasteiger partial charge on any atom is -0.354 e. The van der Waals surface area contributed by atoms with Crippen molar-refractivity contribution in [2.24, 2.45) is 0 Å². The minimum atomic E-state index is 0.257. The number of amides is 1. The number of benzene rings is 1. The molecule has 1 amide bonds. The average Bonchev–Trinajstić information content (AvgIpc) is 3.79. The molecule has 5 heterocycles. The van der Waals surface area contributed by atoms with E-state index in [0.717, 1.165) is 61.4 Å². The number of hydrogen-bond acceptors (Lipinski definition) is 12. The number of thioether (sulfide) groups is 1. The third-order valence-electron chi connectivity index (χ3n) is 7.48. The van der Waals surface area contributed by atoms with Crippen LogP contribution in [0.5, 0.6) is 0 Å². The Morgan fingerprint density at radius 3 is 2.56 bits per heavy atom. The van der Waals surface area contributed by atoms with Crippen molar-refractivity contribution in [3.8, 4) is 12.1 Å². The first kappa shape index (κ1) is 36.1. The van der Waals surface area contributed by atoms with E-state index in [2.05, 4.69) is 53.0 Å². The standard InChI is InChI=1S/C22H16Cl2N6S.C13H17N5O/c23-17-4-3-15(10-18(17)24)20-13-31-21(29-20)16(11-25)19-6-9-28-22(30-19)27-8-5-14-2-1-7-26-12-14;14-6-4-11-5-8-16-13(17-11)15-7-2-10-18-9-1-3-12(18)19/h1-4,6-7,9-10,12-13,29H,5,8H2,(H,27,28,30);5,8H,1-4,7,9-10H2,(H,15,16,17). The first-order valence-electron chi connectivity index (χ1n) is 15.8. The van der Waals surface area contributed by atoms with Gasteiger partial charge in [0.2, 0.25) is 17.8 Å². The van der Waals surface area contributed by atoms with Gasteiger partial charge in [0.05, 0.1) is 44.6 Å². The van der Waals surface area contributed by atoms with Crippen LogP contribution in [0.2, 0.25) is 10.0 Å². The summed E-state index contributed by atoms with van der Waals surface area (Å²) in [5.41, 5.74) is 4.55. The van der Waals surface area contributed by atoms with E-state index >= 15 is 0 Å². The van der Waals surface area contributed by atoms with E-state index in [1.807, 2.05) is 34.7 Å². The van der Waals surface area contributed by atoms with Crippen LogP contribution in [0, 0.1) is 22.7 Å². The van der Waals surface area contributed by atoms with E-state index in [1.54, 1.807) is 42.9 Å². The average molecular weight is 727 g/mol. The van der Waals surface area contributed by atoms with Crippen LogP contribution in [0.4, 0.5) is 11.9 Å². The Labute approximate surface area is 304 Å². The van der Waals surface area contributed by atoms with Gasteiger partial charge in [0.25, 0.3) is 0 Å². The van der Waals surface area contributed by atoms with E-state index in [4.69, 9.17) is 28.5 Å². The molecule has 0 aliphatic carbocycles. The second kappa shape index (κ2) is 18.5. The van der Waals surface area contributed by atoms with Crippen molar-refractivity contribution >= 4 is 64.0 Å². The highest BCUT2D eigenvalue weighted by Gasteiger charge is 2.20. The largest absolute Gasteiger partial charge is 0.354 e. The lowest BCUT2D eigenvalue weighted by Gasteiger charge is -2.15. The SMILES string of the molecule is N#CC(=C1NC(c2ccc(Cl)c(Cl)c2)=CS1)c1ccnc(NCCc2cccnc2)n1.N#CCc1ccnc(NCCCN2CCCC2=O)n1. The number of likely N-dealkylation sites (tertiary alicyclic amines) is 1. The van der Waals surface area contributed by atoms with Crippen LogP contribution in [0.1, 0.15) is 41.8 Å². The molecule has 3 N–H and O–H groups in total. The van der Waals surface area contributed by atoms with Gasteiger partial charge in [0, 0.05) is 68.4 Å². The Kier molecular flexibility index (Phi) is 13.4. The fraction of sp³-hybridized carbons (Fsp3) is 0.257. The molecule has 1 fully saturated rings. The zero-order valence-corrected chi connectivity index (χ0v) is 29.3. The van der Waals surface area contributed by atoms with Gasteiger partial charge < -0.3 is 20.9 Å². The number of nitrogens with one attached hydrogen (secondary N) is 3. The summed E-state index contributed by atoms with van der Waals surface area (Å²) in [6.45, 7) is 3.04. The first-order valence-corrected chi connectivity index (χ1v) is 17.5. The number of aromatic nitrogens is 5. The van der Waals surface area contributed by atoms with Crippen molar-refractivity contribution in [2.75, 3.05) is 36.8 Å². The van der Waals surface area contributed by atoms with Crippen molar-refractivity contribution in [1.82, 2.24) is 35.1 Å². The van der Waals surface area contributed by atoms with Gasteiger partial charge in [-0.15, -0.1) is 0 Å². The lowest BCUT2D eigenvalue weighted by molar-refractivity contribution is -0.127. The number of nitrogens with zero attached hydrogens (tertiary/aromatic N) is 8. The molecule has 6 rings (SSSR count). The number of carbonyl (C=O) groups excluding carboxylic acids is 1. The minimum absolute atomic E-state index is 0.257. The van der Waals surface area contributed by atoms with E-state index in [-0.39, 0.29) is 5.91 Å². The summed E-state index contributed by atoms with van der Waals surface area (Å²) in [6.07, 6.45) is 10.5. The number of nitriles is 2. The highest BCUT2D eigenvalue weighted by atomic mass is 35.5. The lowest BCUT2D eigenvalue weighted by atomic mass is 10.1. The summed E-state index contributed by atoms with van der Waals surface area (Å²) in [5.74, 6) is 1.27. The fourth-order valence-corrected chi connectivity index (χ4v) is 6.13. The first-order chi connectivity index (χ1) is 24.4. The molecule has 0 bridgehead atoms. The van der Waals surface area contributed by atoms with Crippen LogP contribution < -0.4 is 16.0 Å². The summed E-state index contributed by atoms with van der Waals surface area (Å²) in [4.78, 5) is 34.5. The van der Waals surface area contributed by atoms with Gasteiger partial charge >= 0.3 is 0 Å². The normalized spacial score (nSPS) is 14.4. The summed E-state index contributed by atoms with van der Waals surface area (Å²) in [5, 5.41) is 31.6. The Morgan fingerprint density at radius 2 is 1.82 bits per heavy atom. The lowest BCUT2D eigenvalue weighted by Crippen LogP contribution is -2.27. The number of allylic oxidation sites excluding steroid dienone is 1. The van der Waals surface area contributed by atoms with Crippen LogP contribution >= 0.6 is 35.0 Å². The van der Waals surface area contributed by atoms with Gasteiger partial charge in [-0.25, -0.2) is 19.9 Å². The summed E-state index contributed by atoms with van der Waals surface area (Å²) < 4.78 is 0. The van der Waals surface area contributed by atoms with Gasteiger partial charge in [-0.3, -0.25) is 9.78 Å². The van der Waals surface area contributed by atoms with Crippen molar-refractivity contribution in [2.45, 2.75) is 32.1 Å². The number of halogens is 2. The Morgan fingerprint density at radius 1 is 1.00 bits per heavy atom. The molecular formula is C35H33Cl2N11OS. The Bertz CT molecular complexity index is 1940. The molecule has 4 aromatic rings. The monoisotopic (exact) mass is 725 g/mol. The molecule has 0 spiro atoms. The van der Waals surface area contributed by atoms with Crippen molar-refractivity contribution in [3.63, 3.8) is 0 Å². The topological polar surface area (TPSA) is 168 Å². The van der Waals surface area contributed by atoms with Gasteiger partial charge in [-0.1, -0.05) is 47.1 Å². The second-order valence-corrected chi connectivity index (χ2v) is 12.7. The number of rotatable bonds is 12. The molecule has 0 unspecified atom stereocenters. The molecule has 1 saturated heterocycles. The van der Waals surface area contributed by atoms with E-state index in [1.165, 1.54) is 11.8 Å². The van der Waals surface area contributed by atoms with Crippen molar-refractivity contribution in [3.05, 3.63) is 110 Å². The molecule has 0 atom stereocenters. The summed E-state index contributed by atoms with van der Waals surface area (Å²) in [6, 6.07) is 17.1. The number of carbonyl (C=O) groups is 1. The van der Waals surface area contributed by atoms with E-state index < -0.39 is 0 Å². The molecule has 0 saturated carbocycles. The van der Waals surface area contributed by atoms with Gasteiger partial charge in [-0.05, 0) is 55.2 Å². The van der Waals surface area contributed by atoms with E-state index in [0.29, 0.717) is 57.6 Å². The maximum atomic E-state index is 11.4. The maximum absolute atomic E-state index is 11.4. The smallest absolute Gasteiger partial charge is 0.223 e. The van der Waals surface area contributed by atoms with E-state index in [9.17, 15) is 10.1 Å². The van der Waals surface area contributed by atoms with Crippen LogP contribution in [0.15, 0.2) is 77.7 Å². The predicted octanol–water partition coefficient (Wildman–Crippen LogP) is 6.33. The predicted molar refractivity (Wildman–Crippen MR) is 196 cm³/mol. The van der Waals surface area contributed by atoms with Gasteiger partial charge in [0.1, 0.15) is 11.6 Å².